The van der Waals surface area contributed by atoms with E-state index in [0.717, 1.165) is 21.9 Å². The average molecular weight is 384 g/mol. The van der Waals surface area contributed by atoms with Crippen molar-refractivity contribution >= 4 is 29.4 Å². The number of nitrogens with one attached hydrogen (secondary N) is 1. The number of hydrogen-bond acceptors (Lipinski definition) is 3. The quantitative estimate of drug-likeness (QED) is 0.265. The third kappa shape index (κ3) is 8.35. The number of aromatic hydroxyl groups is 1. The summed E-state index contributed by atoms with van der Waals surface area (Å²) >= 11 is 1.80. The number of amides is 1. The third-order valence-electron chi connectivity index (χ3n) is 4.22. The van der Waals surface area contributed by atoms with Crippen molar-refractivity contribution in [2.75, 3.05) is 11.1 Å². The molecule has 0 heterocycles. The van der Waals surface area contributed by atoms with Gasteiger partial charge in [0.1, 0.15) is 5.75 Å². The molecule has 0 saturated carbocycles. The van der Waals surface area contributed by atoms with Gasteiger partial charge in [0, 0.05) is 11.0 Å². The van der Waals surface area contributed by atoms with Crippen molar-refractivity contribution in [2.45, 2.75) is 50.3 Å². The van der Waals surface area contributed by atoms with Gasteiger partial charge in [0.2, 0.25) is 5.91 Å². The van der Waals surface area contributed by atoms with Crippen LogP contribution in [0.4, 0.5) is 5.69 Å². The van der Waals surface area contributed by atoms with Crippen molar-refractivity contribution in [3.05, 3.63) is 60.2 Å². The van der Waals surface area contributed by atoms with E-state index in [4.69, 9.17) is 0 Å². The fourth-order valence-corrected chi connectivity index (χ4v) is 3.71. The molecule has 4 heteroatoms. The van der Waals surface area contributed by atoms with E-state index in [2.05, 4.69) is 18.3 Å². The lowest BCUT2D eigenvalue weighted by Crippen LogP contribution is -2.08. The topological polar surface area (TPSA) is 49.3 Å². The molecule has 0 aliphatic carbocycles. The van der Waals surface area contributed by atoms with Crippen LogP contribution >= 0.6 is 11.8 Å². The zero-order chi connectivity index (χ0) is 19.3. The highest BCUT2D eigenvalue weighted by Crippen LogP contribution is 2.28. The molecule has 0 aliphatic heterocycles. The number of para-hydroxylation sites is 1. The molecule has 27 heavy (non-hydrogen) atoms. The predicted octanol–water partition coefficient (Wildman–Crippen LogP) is 6.50. The van der Waals surface area contributed by atoms with Crippen LogP contribution in [-0.4, -0.2) is 16.8 Å². The summed E-state index contributed by atoms with van der Waals surface area (Å²) in [4.78, 5) is 13.3. The molecule has 0 aliphatic rings. The van der Waals surface area contributed by atoms with Crippen molar-refractivity contribution in [1.29, 1.82) is 0 Å². The smallest absolute Gasteiger partial charge is 0.248 e. The Morgan fingerprint density at radius 1 is 1.00 bits per heavy atom. The van der Waals surface area contributed by atoms with Crippen molar-refractivity contribution in [2.24, 2.45) is 0 Å². The molecular weight excluding hydrogens is 354 g/mol. The molecule has 3 nitrogen and oxygen atoms in total. The van der Waals surface area contributed by atoms with E-state index in [1.807, 2.05) is 18.2 Å². The minimum Gasteiger partial charge on any atom is -0.508 e. The Labute approximate surface area is 166 Å². The lowest BCUT2D eigenvalue weighted by atomic mass is 10.1. The van der Waals surface area contributed by atoms with Gasteiger partial charge in [-0.25, -0.2) is 0 Å². The maximum atomic E-state index is 12.2. The first-order chi connectivity index (χ1) is 13.2. The zero-order valence-corrected chi connectivity index (χ0v) is 16.8. The van der Waals surface area contributed by atoms with Crippen molar-refractivity contribution in [3.63, 3.8) is 0 Å². The fourth-order valence-electron chi connectivity index (χ4n) is 2.69. The monoisotopic (exact) mass is 383 g/mol. The second-order valence-corrected chi connectivity index (χ2v) is 7.66. The third-order valence-corrected chi connectivity index (χ3v) is 5.38. The maximum Gasteiger partial charge on any atom is 0.248 e. The van der Waals surface area contributed by atoms with Gasteiger partial charge in [-0.15, -0.1) is 11.8 Å². The Balaban J connectivity index is 1.81. The summed E-state index contributed by atoms with van der Waals surface area (Å²) < 4.78 is 0. The van der Waals surface area contributed by atoms with Gasteiger partial charge in [-0.1, -0.05) is 63.3 Å². The van der Waals surface area contributed by atoms with Crippen molar-refractivity contribution < 1.29 is 9.90 Å². The van der Waals surface area contributed by atoms with Crippen LogP contribution in [0.3, 0.4) is 0 Å². The number of rotatable bonds is 11. The molecule has 0 unspecified atom stereocenters. The SMILES string of the molecule is CCCCCCCCSc1ccccc1NC(=O)C=Cc1ccc(O)cc1. The lowest BCUT2D eigenvalue weighted by molar-refractivity contribution is -0.111. The van der Waals surface area contributed by atoms with Gasteiger partial charge in [0.05, 0.1) is 5.69 Å². The van der Waals surface area contributed by atoms with E-state index in [-0.39, 0.29) is 11.7 Å². The van der Waals surface area contributed by atoms with Gasteiger partial charge >= 0.3 is 0 Å². The molecule has 0 aromatic heterocycles. The largest absolute Gasteiger partial charge is 0.508 e. The summed E-state index contributed by atoms with van der Waals surface area (Å²) in [5, 5.41) is 12.3. The van der Waals surface area contributed by atoms with Crippen LogP contribution in [0, 0.1) is 0 Å². The molecule has 2 aromatic carbocycles. The normalized spacial score (nSPS) is 11.0. The number of carbonyl (C=O) groups is 1. The molecule has 0 radical (unpaired) electrons. The molecule has 0 fully saturated rings. The first-order valence-electron chi connectivity index (χ1n) is 9.69. The molecule has 2 aromatic rings. The van der Waals surface area contributed by atoms with Gasteiger partial charge in [-0.05, 0) is 48.1 Å². The Morgan fingerprint density at radius 3 is 2.48 bits per heavy atom. The molecule has 1 amide bonds. The van der Waals surface area contributed by atoms with Gasteiger partial charge in [-0.2, -0.15) is 0 Å². The van der Waals surface area contributed by atoms with Gasteiger partial charge in [-0.3, -0.25) is 4.79 Å². The van der Waals surface area contributed by atoms with E-state index in [1.54, 1.807) is 42.1 Å². The maximum absolute atomic E-state index is 12.2. The average Bonchev–Trinajstić information content (AvgIpc) is 2.68. The summed E-state index contributed by atoms with van der Waals surface area (Å²) in [6, 6.07) is 14.7. The Kier molecular flexibility index (Phi) is 9.56. The Morgan fingerprint density at radius 2 is 1.70 bits per heavy atom. The summed E-state index contributed by atoms with van der Waals surface area (Å²) in [7, 11) is 0. The number of anilines is 1. The minimum absolute atomic E-state index is 0.157. The van der Waals surface area contributed by atoms with Crippen LogP contribution in [-0.2, 0) is 4.79 Å². The van der Waals surface area contributed by atoms with Crippen LogP contribution in [0.15, 0.2) is 59.5 Å². The molecule has 0 bridgehead atoms. The van der Waals surface area contributed by atoms with Crippen molar-refractivity contribution in [3.8, 4) is 5.75 Å². The molecule has 0 saturated heterocycles. The number of hydrogen-bond donors (Lipinski definition) is 2. The highest BCUT2D eigenvalue weighted by Gasteiger charge is 2.05. The second-order valence-electron chi connectivity index (χ2n) is 6.53. The first kappa shape index (κ1) is 21.1. The number of phenols is 1. The molecule has 2 rings (SSSR count). The number of benzene rings is 2. The molecular formula is C23H29NO2S. The fraction of sp³-hybridized carbons (Fsp3) is 0.348. The van der Waals surface area contributed by atoms with Crippen molar-refractivity contribution in [1.82, 2.24) is 0 Å². The van der Waals surface area contributed by atoms with Crippen LogP contribution in [0.5, 0.6) is 5.75 Å². The van der Waals surface area contributed by atoms with Gasteiger partial charge < -0.3 is 10.4 Å². The highest BCUT2D eigenvalue weighted by atomic mass is 32.2. The molecule has 144 valence electrons. The Hall–Kier alpha value is -2.20. The van der Waals surface area contributed by atoms with E-state index >= 15 is 0 Å². The standard InChI is InChI=1S/C23H29NO2S/c1-2-3-4-5-6-9-18-27-22-11-8-7-10-21(22)24-23(26)17-14-19-12-15-20(25)16-13-19/h7-8,10-17,25H,2-6,9,18H2,1H3,(H,24,26). The Bertz CT molecular complexity index is 725. The number of carbonyl (C=O) groups excluding carboxylic acids is 1. The molecule has 2 N–H and O–H groups in total. The summed E-state index contributed by atoms with van der Waals surface area (Å²) in [6.07, 6.45) is 11.0. The highest BCUT2D eigenvalue weighted by molar-refractivity contribution is 7.99. The zero-order valence-electron chi connectivity index (χ0n) is 16.0. The van der Waals surface area contributed by atoms with E-state index in [0.29, 0.717) is 0 Å². The molecule has 0 atom stereocenters. The van der Waals surface area contributed by atoms with Gasteiger partial charge in [0.15, 0.2) is 0 Å². The number of thioether (sulfide) groups is 1. The first-order valence-corrected chi connectivity index (χ1v) is 10.7. The summed E-state index contributed by atoms with van der Waals surface area (Å²) in [5.74, 6) is 1.13. The van der Waals surface area contributed by atoms with Crippen LogP contribution in [0.1, 0.15) is 51.0 Å². The lowest BCUT2D eigenvalue weighted by Gasteiger charge is -2.09. The van der Waals surface area contributed by atoms with E-state index < -0.39 is 0 Å². The number of unbranched alkanes of at least 4 members (excludes halogenated alkanes) is 5. The van der Waals surface area contributed by atoms with E-state index in [9.17, 15) is 9.90 Å². The second kappa shape index (κ2) is 12.2. The number of phenolic OH excluding ortho intramolecular Hbond substituents is 1. The van der Waals surface area contributed by atoms with Gasteiger partial charge in [0.25, 0.3) is 0 Å². The van der Waals surface area contributed by atoms with Crippen LogP contribution in [0.25, 0.3) is 6.08 Å². The summed E-state index contributed by atoms with van der Waals surface area (Å²) in [5.41, 5.74) is 1.72. The summed E-state index contributed by atoms with van der Waals surface area (Å²) in [6.45, 7) is 2.24. The minimum atomic E-state index is -0.157. The van der Waals surface area contributed by atoms with Crippen LogP contribution < -0.4 is 5.32 Å². The molecule has 0 spiro atoms. The van der Waals surface area contributed by atoms with E-state index in [1.165, 1.54) is 44.6 Å². The van der Waals surface area contributed by atoms with Crippen LogP contribution in [0.2, 0.25) is 0 Å². The predicted molar refractivity (Wildman–Crippen MR) is 116 cm³/mol.